The lowest BCUT2D eigenvalue weighted by Gasteiger charge is -2.32. The zero-order chi connectivity index (χ0) is 20.2. The molecule has 1 atom stereocenters. The maximum atomic E-state index is 6.83. The summed E-state index contributed by atoms with van der Waals surface area (Å²) in [5, 5.41) is 2.30. The van der Waals surface area contributed by atoms with Crippen molar-refractivity contribution in [1.29, 1.82) is 0 Å². The Bertz CT molecular complexity index is 1300. The normalized spacial score (nSPS) is 16.5. The number of anilines is 1. The van der Waals surface area contributed by atoms with Crippen molar-refractivity contribution in [3.63, 3.8) is 0 Å². The van der Waals surface area contributed by atoms with Gasteiger partial charge in [-0.25, -0.2) is 4.98 Å². The molecule has 3 nitrogen and oxygen atoms in total. The average molecular weight is 429 g/mol. The second kappa shape index (κ2) is 7.58. The molecule has 0 bridgehead atoms. The minimum atomic E-state index is 0. The van der Waals surface area contributed by atoms with E-state index >= 15 is 0 Å². The SMILES string of the molecule is Cc1ccc(C2c3ccc4ccccc4c3Oc3nc4c(c(N)c32)CCCC4)cc1.Cl. The van der Waals surface area contributed by atoms with E-state index in [-0.39, 0.29) is 18.3 Å². The van der Waals surface area contributed by atoms with Crippen molar-refractivity contribution in [2.75, 3.05) is 5.73 Å². The van der Waals surface area contributed by atoms with E-state index in [1.807, 2.05) is 0 Å². The smallest absolute Gasteiger partial charge is 0.225 e. The summed E-state index contributed by atoms with van der Waals surface area (Å²) in [7, 11) is 0. The van der Waals surface area contributed by atoms with Crippen molar-refractivity contribution in [2.45, 2.75) is 38.5 Å². The number of hydrogen-bond donors (Lipinski definition) is 1. The molecule has 0 saturated carbocycles. The standard InChI is InChI=1S/C27H24N2O.ClH/c1-16-10-12-18(13-11-16)23-21-15-14-17-6-2-3-7-19(17)26(21)30-27-24(23)25(28)20-8-4-5-9-22(20)29-27;/h2-3,6-7,10-15,23H,4-5,8-9H2,1H3,(H2,28,29);1H. The third-order valence-electron chi connectivity index (χ3n) is 6.64. The number of rotatable bonds is 1. The molecule has 156 valence electrons. The Morgan fingerprint density at radius 3 is 2.55 bits per heavy atom. The second-order valence-electron chi connectivity index (χ2n) is 8.53. The fourth-order valence-electron chi connectivity index (χ4n) is 5.08. The van der Waals surface area contributed by atoms with Gasteiger partial charge in [-0.1, -0.05) is 66.2 Å². The molecule has 0 saturated heterocycles. The van der Waals surface area contributed by atoms with Crippen LogP contribution in [0.3, 0.4) is 0 Å². The molecular weight excluding hydrogens is 404 g/mol. The molecule has 6 rings (SSSR count). The summed E-state index contributed by atoms with van der Waals surface area (Å²) < 4.78 is 6.52. The molecule has 31 heavy (non-hydrogen) atoms. The summed E-state index contributed by atoms with van der Waals surface area (Å²) in [6.07, 6.45) is 4.33. The maximum absolute atomic E-state index is 6.83. The number of nitrogens with zero attached hydrogens (tertiary/aromatic N) is 1. The second-order valence-corrected chi connectivity index (χ2v) is 8.53. The molecule has 0 radical (unpaired) electrons. The van der Waals surface area contributed by atoms with Crippen LogP contribution in [0.1, 0.15) is 52.3 Å². The Morgan fingerprint density at radius 1 is 0.935 bits per heavy atom. The molecule has 2 heterocycles. The minimum Gasteiger partial charge on any atom is -0.438 e. The Balaban J connectivity index is 0.00000204. The maximum Gasteiger partial charge on any atom is 0.225 e. The molecule has 2 aliphatic rings. The van der Waals surface area contributed by atoms with Crippen LogP contribution in [0.2, 0.25) is 0 Å². The number of benzene rings is 3. The summed E-state index contributed by atoms with van der Waals surface area (Å²) in [6, 6.07) is 21.6. The van der Waals surface area contributed by atoms with Gasteiger partial charge in [0.2, 0.25) is 5.88 Å². The van der Waals surface area contributed by atoms with Crippen LogP contribution in [0.5, 0.6) is 11.6 Å². The molecule has 0 fully saturated rings. The van der Waals surface area contributed by atoms with Crippen molar-refractivity contribution < 1.29 is 4.74 Å². The van der Waals surface area contributed by atoms with Crippen molar-refractivity contribution in [3.8, 4) is 11.6 Å². The summed E-state index contributed by atoms with van der Waals surface area (Å²) in [5.74, 6) is 1.62. The number of nitrogen functional groups attached to an aromatic ring is 1. The first-order valence-electron chi connectivity index (χ1n) is 10.8. The number of halogens is 1. The van der Waals surface area contributed by atoms with E-state index in [1.54, 1.807) is 0 Å². The lowest BCUT2D eigenvalue weighted by atomic mass is 9.79. The summed E-state index contributed by atoms with van der Waals surface area (Å²) >= 11 is 0. The molecule has 1 aliphatic carbocycles. The molecule has 2 N–H and O–H groups in total. The lowest BCUT2D eigenvalue weighted by Crippen LogP contribution is -2.19. The van der Waals surface area contributed by atoms with E-state index in [9.17, 15) is 0 Å². The van der Waals surface area contributed by atoms with E-state index in [0.29, 0.717) is 5.88 Å². The van der Waals surface area contributed by atoms with Crippen LogP contribution in [0.15, 0.2) is 60.7 Å². The van der Waals surface area contributed by atoms with E-state index in [0.717, 1.165) is 46.5 Å². The zero-order valence-corrected chi connectivity index (χ0v) is 18.3. The summed E-state index contributed by atoms with van der Waals surface area (Å²) in [4.78, 5) is 5.01. The van der Waals surface area contributed by atoms with E-state index in [1.165, 1.54) is 34.9 Å². The molecule has 4 heteroatoms. The fourth-order valence-corrected chi connectivity index (χ4v) is 5.08. The Hall–Kier alpha value is -3.04. The monoisotopic (exact) mass is 428 g/mol. The number of fused-ring (bicyclic) bond motifs is 5. The van der Waals surface area contributed by atoms with Crippen molar-refractivity contribution in [1.82, 2.24) is 4.98 Å². The molecule has 4 aromatic rings. The van der Waals surface area contributed by atoms with Gasteiger partial charge in [0.15, 0.2) is 0 Å². The predicted molar refractivity (Wildman–Crippen MR) is 129 cm³/mol. The van der Waals surface area contributed by atoms with Gasteiger partial charge in [0, 0.05) is 33.8 Å². The average Bonchev–Trinajstić information content (AvgIpc) is 2.78. The van der Waals surface area contributed by atoms with Crippen molar-refractivity contribution in [2.24, 2.45) is 0 Å². The zero-order valence-electron chi connectivity index (χ0n) is 17.5. The quantitative estimate of drug-likeness (QED) is 0.322. The predicted octanol–water partition coefficient (Wildman–Crippen LogP) is 6.71. The van der Waals surface area contributed by atoms with Crippen LogP contribution in [0.25, 0.3) is 10.8 Å². The van der Waals surface area contributed by atoms with Crippen molar-refractivity contribution in [3.05, 3.63) is 94.2 Å². The summed E-state index contributed by atoms with van der Waals surface area (Å²) in [6.45, 7) is 2.12. The van der Waals surface area contributed by atoms with Gasteiger partial charge >= 0.3 is 0 Å². The molecule has 3 aromatic carbocycles. The van der Waals surface area contributed by atoms with Gasteiger partial charge in [0.1, 0.15) is 5.75 Å². The molecule has 1 aromatic heterocycles. The molecular formula is C27H25ClN2O. The third kappa shape index (κ3) is 3.07. The fraction of sp³-hybridized carbons (Fsp3) is 0.222. The Labute approximate surface area is 188 Å². The molecule has 1 aliphatic heterocycles. The number of ether oxygens (including phenoxy) is 1. The molecule has 1 unspecified atom stereocenters. The Kier molecular flexibility index (Phi) is 4.86. The largest absolute Gasteiger partial charge is 0.438 e. The highest BCUT2D eigenvalue weighted by Crippen LogP contribution is 2.52. The van der Waals surface area contributed by atoms with E-state index < -0.39 is 0 Å². The van der Waals surface area contributed by atoms with E-state index in [2.05, 4.69) is 67.6 Å². The van der Waals surface area contributed by atoms with Crippen LogP contribution in [0.4, 0.5) is 5.69 Å². The third-order valence-corrected chi connectivity index (χ3v) is 6.64. The van der Waals surface area contributed by atoms with Crippen LogP contribution in [0, 0.1) is 6.92 Å². The van der Waals surface area contributed by atoms with Crippen LogP contribution < -0.4 is 10.5 Å². The van der Waals surface area contributed by atoms with Gasteiger partial charge in [-0.15, -0.1) is 12.4 Å². The number of aromatic nitrogens is 1. The van der Waals surface area contributed by atoms with Crippen molar-refractivity contribution >= 4 is 28.9 Å². The van der Waals surface area contributed by atoms with Gasteiger partial charge in [0.05, 0.1) is 0 Å². The Morgan fingerprint density at radius 2 is 1.71 bits per heavy atom. The minimum absolute atomic E-state index is 0. The van der Waals surface area contributed by atoms with Gasteiger partial charge in [-0.05, 0) is 49.1 Å². The van der Waals surface area contributed by atoms with Gasteiger partial charge in [0.25, 0.3) is 0 Å². The molecule has 0 spiro atoms. The first-order chi connectivity index (χ1) is 14.7. The van der Waals surface area contributed by atoms with Gasteiger partial charge in [-0.3, -0.25) is 0 Å². The highest BCUT2D eigenvalue weighted by Gasteiger charge is 2.35. The first kappa shape index (κ1) is 19.9. The van der Waals surface area contributed by atoms with Crippen LogP contribution >= 0.6 is 12.4 Å². The number of pyridine rings is 1. The molecule has 0 amide bonds. The number of nitrogens with two attached hydrogens (primary N) is 1. The number of aryl methyl sites for hydroxylation is 2. The first-order valence-corrected chi connectivity index (χ1v) is 10.8. The van der Waals surface area contributed by atoms with E-state index in [4.69, 9.17) is 15.5 Å². The van der Waals surface area contributed by atoms with Gasteiger partial charge < -0.3 is 10.5 Å². The highest BCUT2D eigenvalue weighted by atomic mass is 35.5. The lowest BCUT2D eigenvalue weighted by molar-refractivity contribution is 0.435. The number of hydrogen-bond acceptors (Lipinski definition) is 3. The van der Waals surface area contributed by atoms with Gasteiger partial charge in [-0.2, -0.15) is 0 Å². The summed E-state index contributed by atoms with van der Waals surface area (Å²) in [5.41, 5.74) is 14.7. The topological polar surface area (TPSA) is 48.1 Å². The highest BCUT2D eigenvalue weighted by molar-refractivity contribution is 5.91. The van der Waals surface area contributed by atoms with Crippen LogP contribution in [-0.4, -0.2) is 4.98 Å². The van der Waals surface area contributed by atoms with Crippen LogP contribution in [-0.2, 0) is 12.8 Å².